The fourth-order valence-corrected chi connectivity index (χ4v) is 2.34. The van der Waals surface area contributed by atoms with E-state index in [-0.39, 0.29) is 0 Å². The lowest BCUT2D eigenvalue weighted by atomic mass is 9.97. The third-order valence-corrected chi connectivity index (χ3v) is 3.54. The van der Waals surface area contributed by atoms with Crippen molar-refractivity contribution in [2.24, 2.45) is 5.92 Å². The molecule has 1 fully saturated rings. The van der Waals surface area contributed by atoms with Crippen LogP contribution in [0.2, 0.25) is 0 Å². The normalized spacial score (nSPS) is 19.1. The molecule has 3 N–H and O–H groups in total. The van der Waals surface area contributed by atoms with Crippen molar-refractivity contribution in [1.29, 1.82) is 0 Å². The first kappa shape index (κ1) is 12.4. The van der Waals surface area contributed by atoms with Gasteiger partial charge in [-0.25, -0.2) is 0 Å². The standard InChI is InChI=1S/C14H22N2O/c1-11(13-3-2-4-14(17)9-13)16-10-12-5-7-15-8-6-12/h2-4,9,11-12,15-17H,5-8,10H2,1H3. The van der Waals surface area contributed by atoms with Crippen LogP contribution in [0.25, 0.3) is 0 Å². The third kappa shape index (κ3) is 3.72. The van der Waals surface area contributed by atoms with E-state index in [9.17, 15) is 5.11 Å². The van der Waals surface area contributed by atoms with Crippen molar-refractivity contribution in [3.63, 3.8) is 0 Å². The Balaban J connectivity index is 1.82. The van der Waals surface area contributed by atoms with Crippen LogP contribution in [-0.4, -0.2) is 24.7 Å². The summed E-state index contributed by atoms with van der Waals surface area (Å²) < 4.78 is 0. The number of aromatic hydroxyl groups is 1. The minimum atomic E-state index is 0.303. The van der Waals surface area contributed by atoms with Crippen molar-refractivity contribution in [2.75, 3.05) is 19.6 Å². The third-order valence-electron chi connectivity index (χ3n) is 3.54. The lowest BCUT2D eigenvalue weighted by Gasteiger charge is -2.25. The van der Waals surface area contributed by atoms with Gasteiger partial charge in [-0.05, 0) is 63.0 Å². The molecule has 0 bridgehead atoms. The molecule has 1 aliphatic heterocycles. The highest BCUT2D eigenvalue weighted by Crippen LogP contribution is 2.19. The van der Waals surface area contributed by atoms with Gasteiger partial charge in [-0.2, -0.15) is 0 Å². The molecule has 1 saturated heterocycles. The first-order valence-electron chi connectivity index (χ1n) is 6.49. The van der Waals surface area contributed by atoms with Crippen LogP contribution in [0.1, 0.15) is 31.4 Å². The molecule has 0 saturated carbocycles. The molecule has 1 heterocycles. The molecular formula is C14H22N2O. The van der Waals surface area contributed by atoms with E-state index in [4.69, 9.17) is 0 Å². The van der Waals surface area contributed by atoms with Crippen LogP contribution in [0.15, 0.2) is 24.3 Å². The van der Waals surface area contributed by atoms with E-state index in [2.05, 4.69) is 23.6 Å². The van der Waals surface area contributed by atoms with E-state index < -0.39 is 0 Å². The summed E-state index contributed by atoms with van der Waals surface area (Å²) in [7, 11) is 0. The van der Waals surface area contributed by atoms with Gasteiger partial charge in [-0.1, -0.05) is 12.1 Å². The van der Waals surface area contributed by atoms with Crippen LogP contribution >= 0.6 is 0 Å². The highest BCUT2D eigenvalue weighted by atomic mass is 16.3. The van der Waals surface area contributed by atoms with Gasteiger partial charge in [0, 0.05) is 6.04 Å². The lowest BCUT2D eigenvalue weighted by Crippen LogP contribution is -2.34. The summed E-state index contributed by atoms with van der Waals surface area (Å²) in [5.74, 6) is 1.13. The second-order valence-corrected chi connectivity index (χ2v) is 4.92. The minimum Gasteiger partial charge on any atom is -0.508 e. The highest BCUT2D eigenvalue weighted by molar-refractivity contribution is 5.28. The van der Waals surface area contributed by atoms with Crippen molar-refractivity contribution in [3.8, 4) is 5.75 Å². The second kappa shape index (κ2) is 6.03. The maximum Gasteiger partial charge on any atom is 0.115 e. The molecule has 2 rings (SSSR count). The summed E-state index contributed by atoms with van der Waals surface area (Å²) >= 11 is 0. The number of hydrogen-bond acceptors (Lipinski definition) is 3. The van der Waals surface area contributed by atoms with E-state index in [1.54, 1.807) is 6.07 Å². The Morgan fingerprint density at radius 3 is 2.88 bits per heavy atom. The predicted octanol–water partition coefficient (Wildman–Crippen LogP) is 2.04. The van der Waals surface area contributed by atoms with Crippen LogP contribution in [0.3, 0.4) is 0 Å². The van der Waals surface area contributed by atoms with E-state index >= 15 is 0 Å². The zero-order valence-corrected chi connectivity index (χ0v) is 10.4. The quantitative estimate of drug-likeness (QED) is 0.747. The number of benzene rings is 1. The maximum atomic E-state index is 9.44. The van der Waals surface area contributed by atoms with Crippen molar-refractivity contribution in [2.45, 2.75) is 25.8 Å². The van der Waals surface area contributed by atoms with Crippen molar-refractivity contribution >= 4 is 0 Å². The maximum absolute atomic E-state index is 9.44. The Labute approximate surface area is 103 Å². The van der Waals surface area contributed by atoms with E-state index in [1.807, 2.05) is 12.1 Å². The summed E-state index contributed by atoms with van der Waals surface area (Å²) in [6.45, 7) is 5.51. The molecule has 0 aliphatic carbocycles. The zero-order chi connectivity index (χ0) is 12.1. The molecule has 0 aromatic heterocycles. The monoisotopic (exact) mass is 234 g/mol. The van der Waals surface area contributed by atoms with Gasteiger partial charge < -0.3 is 15.7 Å². The predicted molar refractivity (Wildman–Crippen MR) is 70.1 cm³/mol. The van der Waals surface area contributed by atoms with Crippen LogP contribution in [0.4, 0.5) is 0 Å². The number of rotatable bonds is 4. The topological polar surface area (TPSA) is 44.3 Å². The zero-order valence-electron chi connectivity index (χ0n) is 10.4. The molecule has 0 radical (unpaired) electrons. The van der Waals surface area contributed by atoms with Crippen LogP contribution in [0.5, 0.6) is 5.75 Å². The number of phenolic OH excluding ortho intramolecular Hbond substituents is 1. The van der Waals surface area contributed by atoms with Crippen molar-refractivity contribution in [3.05, 3.63) is 29.8 Å². The molecule has 0 amide bonds. The first-order valence-corrected chi connectivity index (χ1v) is 6.49. The van der Waals surface area contributed by atoms with Crippen molar-refractivity contribution < 1.29 is 5.11 Å². The smallest absolute Gasteiger partial charge is 0.115 e. The molecule has 94 valence electrons. The van der Waals surface area contributed by atoms with Crippen LogP contribution in [-0.2, 0) is 0 Å². The molecule has 1 atom stereocenters. The Kier molecular flexibility index (Phi) is 4.40. The Morgan fingerprint density at radius 1 is 1.41 bits per heavy atom. The van der Waals surface area contributed by atoms with Crippen LogP contribution in [0, 0.1) is 5.92 Å². The molecule has 1 aromatic rings. The molecular weight excluding hydrogens is 212 g/mol. The summed E-state index contributed by atoms with van der Waals surface area (Å²) in [5.41, 5.74) is 1.15. The van der Waals surface area contributed by atoms with E-state index in [1.165, 1.54) is 12.8 Å². The summed E-state index contributed by atoms with van der Waals surface area (Å²) in [6.07, 6.45) is 2.53. The fourth-order valence-electron chi connectivity index (χ4n) is 2.34. The number of piperidine rings is 1. The van der Waals surface area contributed by atoms with Crippen LogP contribution < -0.4 is 10.6 Å². The summed E-state index contributed by atoms with van der Waals surface area (Å²) in [5, 5.41) is 16.4. The lowest BCUT2D eigenvalue weighted by molar-refractivity contribution is 0.344. The minimum absolute atomic E-state index is 0.303. The Morgan fingerprint density at radius 2 is 2.18 bits per heavy atom. The summed E-state index contributed by atoms with van der Waals surface area (Å²) in [4.78, 5) is 0. The number of hydrogen-bond donors (Lipinski definition) is 3. The molecule has 17 heavy (non-hydrogen) atoms. The molecule has 1 aromatic carbocycles. The Hall–Kier alpha value is -1.06. The molecule has 1 unspecified atom stereocenters. The van der Waals surface area contributed by atoms with E-state index in [0.29, 0.717) is 11.8 Å². The largest absolute Gasteiger partial charge is 0.508 e. The van der Waals surface area contributed by atoms with E-state index in [0.717, 1.165) is 31.1 Å². The first-order chi connectivity index (χ1) is 8.25. The average Bonchev–Trinajstić information content (AvgIpc) is 2.37. The SMILES string of the molecule is CC(NCC1CCNCC1)c1cccc(O)c1. The number of nitrogens with one attached hydrogen (secondary N) is 2. The van der Waals surface area contributed by atoms with Gasteiger partial charge in [-0.15, -0.1) is 0 Å². The van der Waals surface area contributed by atoms with Crippen molar-refractivity contribution in [1.82, 2.24) is 10.6 Å². The molecule has 3 heteroatoms. The van der Waals surface area contributed by atoms with Gasteiger partial charge in [0.05, 0.1) is 0 Å². The fraction of sp³-hybridized carbons (Fsp3) is 0.571. The highest BCUT2D eigenvalue weighted by Gasteiger charge is 2.14. The Bertz CT molecular complexity index is 348. The van der Waals surface area contributed by atoms with Gasteiger partial charge in [0.1, 0.15) is 5.75 Å². The second-order valence-electron chi connectivity index (χ2n) is 4.92. The van der Waals surface area contributed by atoms with Gasteiger partial charge in [-0.3, -0.25) is 0 Å². The molecule has 3 nitrogen and oxygen atoms in total. The molecule has 0 spiro atoms. The average molecular weight is 234 g/mol. The van der Waals surface area contributed by atoms with Gasteiger partial charge >= 0.3 is 0 Å². The summed E-state index contributed by atoms with van der Waals surface area (Å²) in [6, 6.07) is 7.80. The molecule has 1 aliphatic rings. The van der Waals surface area contributed by atoms with Gasteiger partial charge in [0.25, 0.3) is 0 Å². The van der Waals surface area contributed by atoms with Gasteiger partial charge in [0.15, 0.2) is 0 Å². The van der Waals surface area contributed by atoms with Gasteiger partial charge in [0.2, 0.25) is 0 Å². The number of phenols is 1.